The average Bonchev–Trinajstić information content (AvgIpc) is 2.55. The minimum absolute atomic E-state index is 0.0355. The number of amides is 2. The van der Waals surface area contributed by atoms with Crippen LogP contribution in [0.5, 0.6) is 0 Å². The summed E-state index contributed by atoms with van der Waals surface area (Å²) >= 11 is 3.25. The first-order valence-corrected chi connectivity index (χ1v) is 7.46. The van der Waals surface area contributed by atoms with Gasteiger partial charge in [-0.05, 0) is 36.4 Å². The van der Waals surface area contributed by atoms with Gasteiger partial charge in [0, 0.05) is 22.3 Å². The maximum atomic E-state index is 13.6. The Kier molecular flexibility index (Phi) is 5.70. The molecular weight excluding hydrogens is 367 g/mol. The van der Waals surface area contributed by atoms with E-state index in [0.29, 0.717) is 16.8 Å². The highest BCUT2D eigenvalue weighted by atomic mass is 79.9. The largest absolute Gasteiger partial charge is 0.465 e. The van der Waals surface area contributed by atoms with E-state index in [-0.39, 0.29) is 6.54 Å². The number of hydrogen-bond donors (Lipinski definition) is 2. The van der Waals surface area contributed by atoms with Crippen molar-refractivity contribution in [3.05, 3.63) is 63.9 Å². The Balaban J connectivity index is 1.97. The van der Waals surface area contributed by atoms with Crippen LogP contribution in [0.1, 0.15) is 15.9 Å². The van der Waals surface area contributed by atoms with E-state index in [0.717, 1.165) is 4.47 Å². The number of anilines is 1. The molecule has 120 valence electrons. The molecular formula is C16H14BrFN2O3. The molecule has 0 heterocycles. The van der Waals surface area contributed by atoms with Crippen molar-refractivity contribution >= 4 is 33.6 Å². The first-order chi connectivity index (χ1) is 11.0. The predicted octanol–water partition coefficient (Wildman–Crippen LogP) is 3.70. The lowest BCUT2D eigenvalue weighted by Gasteiger charge is -2.09. The number of nitrogens with one attached hydrogen (secondary N) is 2. The first-order valence-electron chi connectivity index (χ1n) is 6.67. The zero-order valence-electron chi connectivity index (χ0n) is 12.2. The molecule has 0 fully saturated rings. The molecule has 0 atom stereocenters. The molecule has 0 radical (unpaired) electrons. The third-order valence-electron chi connectivity index (χ3n) is 2.99. The Labute approximate surface area is 141 Å². The Bertz CT molecular complexity index is 737. The number of urea groups is 1. The van der Waals surface area contributed by atoms with Crippen LogP contribution >= 0.6 is 15.9 Å². The molecule has 2 aromatic rings. The number of carbonyl (C=O) groups is 2. The van der Waals surface area contributed by atoms with E-state index in [1.54, 1.807) is 30.3 Å². The van der Waals surface area contributed by atoms with E-state index < -0.39 is 17.8 Å². The minimum Gasteiger partial charge on any atom is -0.465 e. The Morgan fingerprint density at radius 2 is 2.00 bits per heavy atom. The number of ether oxygens (including phenoxy) is 1. The quantitative estimate of drug-likeness (QED) is 0.794. The third kappa shape index (κ3) is 4.79. The van der Waals surface area contributed by atoms with Crippen LogP contribution in [0.2, 0.25) is 0 Å². The second-order valence-electron chi connectivity index (χ2n) is 4.62. The molecule has 2 aromatic carbocycles. The van der Waals surface area contributed by atoms with Gasteiger partial charge in [-0.15, -0.1) is 0 Å². The van der Waals surface area contributed by atoms with E-state index >= 15 is 0 Å². The molecule has 0 saturated carbocycles. The van der Waals surface area contributed by atoms with Gasteiger partial charge in [-0.3, -0.25) is 0 Å². The Morgan fingerprint density at radius 3 is 2.74 bits per heavy atom. The van der Waals surface area contributed by atoms with Gasteiger partial charge in [-0.2, -0.15) is 0 Å². The standard InChI is InChI=1S/C16H14BrFN2O3/c1-23-15(21)10-3-2-4-13(8-10)20-16(22)19-9-11-7-12(17)5-6-14(11)18/h2-8H,9H2,1H3,(H2,19,20,22). The molecule has 0 bridgehead atoms. The molecule has 0 unspecified atom stereocenters. The van der Waals surface area contributed by atoms with Crippen molar-refractivity contribution in [2.75, 3.05) is 12.4 Å². The van der Waals surface area contributed by atoms with Gasteiger partial charge in [-0.25, -0.2) is 14.0 Å². The van der Waals surface area contributed by atoms with Crippen molar-refractivity contribution in [2.45, 2.75) is 6.54 Å². The van der Waals surface area contributed by atoms with Gasteiger partial charge >= 0.3 is 12.0 Å². The Hall–Kier alpha value is -2.41. The molecule has 0 aliphatic heterocycles. The van der Waals surface area contributed by atoms with E-state index in [2.05, 4.69) is 31.3 Å². The third-order valence-corrected chi connectivity index (χ3v) is 3.48. The van der Waals surface area contributed by atoms with Crippen molar-refractivity contribution in [1.82, 2.24) is 5.32 Å². The summed E-state index contributed by atoms with van der Waals surface area (Å²) in [6.07, 6.45) is 0. The van der Waals surface area contributed by atoms with Gasteiger partial charge in [0.1, 0.15) is 5.82 Å². The lowest BCUT2D eigenvalue weighted by Crippen LogP contribution is -2.28. The lowest BCUT2D eigenvalue weighted by atomic mass is 10.2. The van der Waals surface area contributed by atoms with E-state index in [4.69, 9.17) is 0 Å². The summed E-state index contributed by atoms with van der Waals surface area (Å²) in [5.41, 5.74) is 1.11. The maximum absolute atomic E-state index is 13.6. The normalized spacial score (nSPS) is 10.0. The highest BCUT2D eigenvalue weighted by Crippen LogP contribution is 2.15. The van der Waals surface area contributed by atoms with Crippen molar-refractivity contribution in [1.29, 1.82) is 0 Å². The summed E-state index contributed by atoms with van der Waals surface area (Å²) in [5.74, 6) is -0.897. The molecule has 2 N–H and O–H groups in total. The summed E-state index contributed by atoms with van der Waals surface area (Å²) < 4.78 is 18.9. The summed E-state index contributed by atoms with van der Waals surface area (Å²) in [5, 5.41) is 5.12. The van der Waals surface area contributed by atoms with Crippen LogP contribution in [0.3, 0.4) is 0 Å². The number of hydrogen-bond acceptors (Lipinski definition) is 3. The van der Waals surface area contributed by atoms with Crippen LogP contribution in [-0.2, 0) is 11.3 Å². The zero-order valence-corrected chi connectivity index (χ0v) is 13.8. The molecule has 0 spiro atoms. The fraction of sp³-hybridized carbons (Fsp3) is 0.125. The van der Waals surface area contributed by atoms with Gasteiger partial charge in [0.15, 0.2) is 0 Å². The molecule has 7 heteroatoms. The number of carbonyl (C=O) groups excluding carboxylic acids is 2. The van der Waals surface area contributed by atoms with Crippen LogP contribution in [0, 0.1) is 5.82 Å². The minimum atomic E-state index is -0.508. The Morgan fingerprint density at radius 1 is 1.22 bits per heavy atom. The second-order valence-corrected chi connectivity index (χ2v) is 5.53. The number of esters is 1. The monoisotopic (exact) mass is 380 g/mol. The van der Waals surface area contributed by atoms with Gasteiger partial charge in [-0.1, -0.05) is 22.0 Å². The van der Waals surface area contributed by atoms with Gasteiger partial charge in [0.25, 0.3) is 0 Å². The molecule has 23 heavy (non-hydrogen) atoms. The average molecular weight is 381 g/mol. The highest BCUT2D eigenvalue weighted by molar-refractivity contribution is 9.10. The maximum Gasteiger partial charge on any atom is 0.337 e. The molecule has 5 nitrogen and oxygen atoms in total. The van der Waals surface area contributed by atoms with Gasteiger partial charge in [0.2, 0.25) is 0 Å². The molecule has 0 aliphatic rings. The fourth-order valence-electron chi connectivity index (χ4n) is 1.87. The SMILES string of the molecule is COC(=O)c1cccc(NC(=O)NCc2cc(Br)ccc2F)c1. The zero-order chi connectivity index (χ0) is 16.8. The van der Waals surface area contributed by atoms with Crippen LogP contribution in [0.15, 0.2) is 46.9 Å². The topological polar surface area (TPSA) is 67.4 Å². The van der Waals surface area contributed by atoms with Gasteiger partial charge in [0.05, 0.1) is 12.7 Å². The lowest BCUT2D eigenvalue weighted by molar-refractivity contribution is 0.0600. The number of rotatable bonds is 4. The van der Waals surface area contributed by atoms with Crippen molar-refractivity contribution in [2.24, 2.45) is 0 Å². The van der Waals surface area contributed by atoms with E-state index in [9.17, 15) is 14.0 Å². The van der Waals surface area contributed by atoms with Crippen LogP contribution < -0.4 is 10.6 Å². The van der Waals surface area contributed by atoms with Crippen LogP contribution in [0.4, 0.5) is 14.9 Å². The number of halogens is 2. The van der Waals surface area contributed by atoms with E-state index in [1.165, 1.54) is 19.2 Å². The fourth-order valence-corrected chi connectivity index (χ4v) is 2.28. The smallest absolute Gasteiger partial charge is 0.337 e. The van der Waals surface area contributed by atoms with E-state index in [1.807, 2.05) is 0 Å². The summed E-state index contributed by atoms with van der Waals surface area (Å²) in [6, 6.07) is 10.3. The molecule has 0 saturated heterocycles. The molecule has 0 aliphatic carbocycles. The van der Waals surface area contributed by atoms with Crippen LogP contribution in [-0.4, -0.2) is 19.1 Å². The summed E-state index contributed by atoms with van der Waals surface area (Å²) in [7, 11) is 1.28. The van der Waals surface area contributed by atoms with Gasteiger partial charge < -0.3 is 15.4 Å². The number of methoxy groups -OCH3 is 1. The summed E-state index contributed by atoms with van der Waals surface area (Å²) in [6.45, 7) is 0.0355. The molecule has 0 aromatic heterocycles. The van der Waals surface area contributed by atoms with Crippen LogP contribution in [0.25, 0.3) is 0 Å². The first kappa shape index (κ1) is 17.0. The predicted molar refractivity (Wildman–Crippen MR) is 87.7 cm³/mol. The van der Waals surface area contributed by atoms with Crippen molar-refractivity contribution < 1.29 is 18.7 Å². The second kappa shape index (κ2) is 7.73. The molecule has 2 rings (SSSR count). The highest BCUT2D eigenvalue weighted by Gasteiger charge is 2.09. The summed E-state index contributed by atoms with van der Waals surface area (Å²) in [4.78, 5) is 23.3. The van der Waals surface area contributed by atoms with Crippen molar-refractivity contribution in [3.63, 3.8) is 0 Å². The number of benzene rings is 2. The van der Waals surface area contributed by atoms with Crippen molar-refractivity contribution in [3.8, 4) is 0 Å². The molecule has 2 amide bonds.